The van der Waals surface area contributed by atoms with Gasteiger partial charge >= 0.3 is 0 Å². The van der Waals surface area contributed by atoms with Crippen LogP contribution in [-0.4, -0.2) is 6.04 Å². The first-order chi connectivity index (χ1) is 10.3. The Balaban J connectivity index is 2.12. The van der Waals surface area contributed by atoms with Crippen LogP contribution in [-0.2, 0) is 0 Å². The summed E-state index contributed by atoms with van der Waals surface area (Å²) >= 11 is 0. The quantitative estimate of drug-likeness (QED) is 0.855. The SMILES string of the molecule is C[C@@H](N)C1=C(P(c2ccccc2)c2ccccc2)CC=C1. The van der Waals surface area contributed by atoms with Crippen molar-refractivity contribution in [2.24, 2.45) is 5.73 Å². The molecule has 0 unspecified atom stereocenters. The molecule has 0 saturated heterocycles. The van der Waals surface area contributed by atoms with Gasteiger partial charge in [0.15, 0.2) is 0 Å². The average Bonchev–Trinajstić information content (AvgIpc) is 2.99. The van der Waals surface area contributed by atoms with Gasteiger partial charge in [-0.05, 0) is 42.8 Å². The zero-order chi connectivity index (χ0) is 14.7. The van der Waals surface area contributed by atoms with E-state index in [4.69, 9.17) is 5.73 Å². The van der Waals surface area contributed by atoms with E-state index in [0.717, 1.165) is 6.42 Å². The average molecular weight is 293 g/mol. The van der Waals surface area contributed by atoms with Crippen LogP contribution in [0.3, 0.4) is 0 Å². The minimum atomic E-state index is -0.487. The van der Waals surface area contributed by atoms with E-state index in [0.29, 0.717) is 0 Å². The predicted molar refractivity (Wildman–Crippen MR) is 93.5 cm³/mol. The number of benzene rings is 2. The summed E-state index contributed by atoms with van der Waals surface area (Å²) in [6.45, 7) is 2.08. The summed E-state index contributed by atoms with van der Waals surface area (Å²) < 4.78 is 0. The lowest BCUT2D eigenvalue weighted by atomic mass is 10.1. The molecule has 106 valence electrons. The van der Waals surface area contributed by atoms with Crippen LogP contribution >= 0.6 is 7.92 Å². The second kappa shape index (κ2) is 6.39. The second-order valence-electron chi connectivity index (χ2n) is 5.30. The highest BCUT2D eigenvalue weighted by molar-refractivity contribution is 7.76. The minimum absolute atomic E-state index is 0.0937. The molecule has 1 aliphatic carbocycles. The van der Waals surface area contributed by atoms with Crippen LogP contribution in [0.2, 0.25) is 0 Å². The van der Waals surface area contributed by atoms with Gasteiger partial charge in [0.2, 0.25) is 0 Å². The van der Waals surface area contributed by atoms with Crippen LogP contribution < -0.4 is 16.3 Å². The Hall–Kier alpha value is -1.69. The molecule has 1 atom stereocenters. The van der Waals surface area contributed by atoms with Crippen LogP contribution in [0, 0.1) is 0 Å². The first kappa shape index (κ1) is 14.3. The number of rotatable bonds is 4. The summed E-state index contributed by atoms with van der Waals surface area (Å²) in [5, 5.41) is 4.29. The largest absolute Gasteiger partial charge is 0.324 e. The van der Waals surface area contributed by atoms with Crippen molar-refractivity contribution < 1.29 is 0 Å². The Kier molecular flexibility index (Phi) is 4.34. The topological polar surface area (TPSA) is 26.0 Å². The Bertz CT molecular complexity index is 617. The molecular formula is C19H20NP. The maximum atomic E-state index is 6.18. The van der Waals surface area contributed by atoms with Crippen molar-refractivity contribution in [1.29, 1.82) is 0 Å². The molecule has 0 fully saturated rings. The van der Waals surface area contributed by atoms with E-state index in [1.165, 1.54) is 21.5 Å². The van der Waals surface area contributed by atoms with Crippen molar-refractivity contribution >= 4 is 18.5 Å². The lowest BCUT2D eigenvalue weighted by Gasteiger charge is -2.23. The molecular weight excluding hydrogens is 273 g/mol. The van der Waals surface area contributed by atoms with Gasteiger partial charge in [0.1, 0.15) is 0 Å². The van der Waals surface area contributed by atoms with Gasteiger partial charge in [0.25, 0.3) is 0 Å². The molecule has 1 aliphatic rings. The minimum Gasteiger partial charge on any atom is -0.324 e. The lowest BCUT2D eigenvalue weighted by molar-refractivity contribution is 0.884. The zero-order valence-corrected chi connectivity index (χ0v) is 13.1. The normalized spacial score (nSPS) is 15.8. The van der Waals surface area contributed by atoms with E-state index in [1.54, 1.807) is 0 Å². The first-order valence-electron chi connectivity index (χ1n) is 7.33. The number of hydrogen-bond acceptors (Lipinski definition) is 1. The zero-order valence-electron chi connectivity index (χ0n) is 12.2. The third-order valence-electron chi connectivity index (χ3n) is 3.73. The predicted octanol–water partition coefficient (Wildman–Crippen LogP) is 3.68. The standard InChI is InChI=1S/C19H20NP/c1-15(20)18-13-8-14-19(18)21(16-9-4-2-5-10-16)17-11-6-3-7-12-17/h2-13,15H,14,20H2,1H3/t15-/m1/s1. The van der Waals surface area contributed by atoms with Crippen molar-refractivity contribution in [1.82, 2.24) is 0 Å². The molecule has 0 aliphatic heterocycles. The Morgan fingerprint density at radius 1 is 0.905 bits per heavy atom. The fraction of sp³-hybridized carbons (Fsp3) is 0.158. The van der Waals surface area contributed by atoms with Gasteiger partial charge in [-0.1, -0.05) is 72.8 Å². The fourth-order valence-electron chi connectivity index (χ4n) is 2.76. The first-order valence-corrected chi connectivity index (χ1v) is 8.67. The maximum absolute atomic E-state index is 6.18. The molecule has 2 aromatic rings. The van der Waals surface area contributed by atoms with Crippen molar-refractivity contribution in [3.63, 3.8) is 0 Å². The van der Waals surface area contributed by atoms with Crippen molar-refractivity contribution in [3.05, 3.63) is 83.7 Å². The Morgan fingerprint density at radius 3 is 1.90 bits per heavy atom. The van der Waals surface area contributed by atoms with Crippen LogP contribution in [0.4, 0.5) is 0 Å². The van der Waals surface area contributed by atoms with Gasteiger partial charge in [-0.15, -0.1) is 0 Å². The smallest absolute Gasteiger partial charge is 0.0269 e. The van der Waals surface area contributed by atoms with E-state index >= 15 is 0 Å². The fourth-order valence-corrected chi connectivity index (χ4v) is 5.45. The molecule has 0 saturated carbocycles. The number of hydrogen-bond donors (Lipinski definition) is 1. The molecule has 2 N–H and O–H groups in total. The highest BCUT2D eigenvalue weighted by Gasteiger charge is 2.23. The molecule has 2 heteroatoms. The lowest BCUT2D eigenvalue weighted by Crippen LogP contribution is -2.20. The summed E-state index contributed by atoms with van der Waals surface area (Å²) in [5.41, 5.74) is 7.50. The van der Waals surface area contributed by atoms with Gasteiger partial charge in [0.05, 0.1) is 0 Å². The monoisotopic (exact) mass is 293 g/mol. The molecule has 0 bridgehead atoms. The van der Waals surface area contributed by atoms with Crippen molar-refractivity contribution in [2.45, 2.75) is 19.4 Å². The Labute approximate surface area is 127 Å². The maximum Gasteiger partial charge on any atom is 0.0269 e. The number of nitrogens with two attached hydrogens (primary N) is 1. The van der Waals surface area contributed by atoms with E-state index in [-0.39, 0.29) is 6.04 Å². The van der Waals surface area contributed by atoms with Crippen LogP contribution in [0.1, 0.15) is 13.3 Å². The van der Waals surface area contributed by atoms with Gasteiger partial charge in [0, 0.05) is 6.04 Å². The van der Waals surface area contributed by atoms with E-state index in [1.807, 2.05) is 0 Å². The van der Waals surface area contributed by atoms with Gasteiger partial charge in [-0.3, -0.25) is 0 Å². The van der Waals surface area contributed by atoms with E-state index in [2.05, 4.69) is 79.7 Å². The summed E-state index contributed by atoms with van der Waals surface area (Å²) in [6, 6.07) is 21.7. The second-order valence-corrected chi connectivity index (χ2v) is 7.55. The summed E-state index contributed by atoms with van der Waals surface area (Å²) in [4.78, 5) is 0. The van der Waals surface area contributed by atoms with Crippen molar-refractivity contribution in [2.75, 3.05) is 0 Å². The third-order valence-corrected chi connectivity index (χ3v) is 6.34. The van der Waals surface area contributed by atoms with Crippen LogP contribution in [0.5, 0.6) is 0 Å². The number of allylic oxidation sites excluding steroid dienone is 2. The van der Waals surface area contributed by atoms with Crippen LogP contribution in [0.15, 0.2) is 83.7 Å². The molecule has 21 heavy (non-hydrogen) atoms. The van der Waals surface area contributed by atoms with E-state index < -0.39 is 7.92 Å². The van der Waals surface area contributed by atoms with E-state index in [9.17, 15) is 0 Å². The summed E-state index contributed by atoms with van der Waals surface area (Å²) in [6.07, 6.45) is 5.48. The molecule has 3 rings (SSSR count). The molecule has 2 aromatic carbocycles. The molecule has 0 amide bonds. The summed E-state index contributed by atoms with van der Waals surface area (Å²) in [7, 11) is -0.487. The third kappa shape index (κ3) is 3.00. The molecule has 1 nitrogen and oxygen atoms in total. The molecule has 0 radical (unpaired) electrons. The summed E-state index contributed by atoms with van der Waals surface area (Å²) in [5.74, 6) is 0. The van der Waals surface area contributed by atoms with Crippen molar-refractivity contribution in [3.8, 4) is 0 Å². The molecule has 0 heterocycles. The van der Waals surface area contributed by atoms with Gasteiger partial charge in [-0.25, -0.2) is 0 Å². The van der Waals surface area contributed by atoms with Gasteiger partial charge < -0.3 is 5.73 Å². The van der Waals surface area contributed by atoms with Gasteiger partial charge in [-0.2, -0.15) is 0 Å². The highest BCUT2D eigenvalue weighted by Crippen LogP contribution is 2.49. The Morgan fingerprint density at radius 2 is 1.43 bits per heavy atom. The highest BCUT2D eigenvalue weighted by atomic mass is 31.1. The van der Waals surface area contributed by atoms with Crippen LogP contribution in [0.25, 0.3) is 0 Å². The molecule has 0 spiro atoms. The molecule has 0 aromatic heterocycles.